The Morgan fingerprint density at radius 1 is 0.283 bits per heavy atom. The van der Waals surface area contributed by atoms with E-state index in [1.165, 1.54) is 42.0 Å². The van der Waals surface area contributed by atoms with Crippen LogP contribution in [0, 0.1) is 0 Å². The fourth-order valence-corrected chi connectivity index (χ4v) is 28.8. The number of hydrogen-bond acceptors (Lipinski definition) is 2. The first kappa shape index (κ1) is 31.6. The zero-order chi connectivity index (χ0) is 35.2. The van der Waals surface area contributed by atoms with Gasteiger partial charge in [-0.1, -0.05) is 214 Å². The molecular weight excluding hydrogens is 676 g/mol. The molecule has 0 spiro atoms. The lowest BCUT2D eigenvalue weighted by atomic mass is 9.35. The fourth-order valence-electron chi connectivity index (χ4n) is 9.35. The van der Waals surface area contributed by atoms with E-state index in [1.807, 2.05) is 0 Å². The molecule has 2 aliphatic heterocycles. The maximum absolute atomic E-state index is 7.03. The number of rotatable bonds is 7. The number of fused-ring (bicyclic) bond motifs is 4. The van der Waals surface area contributed by atoms with E-state index in [4.69, 9.17) is 9.47 Å². The van der Waals surface area contributed by atoms with Gasteiger partial charge in [0.15, 0.2) is 15.2 Å². The van der Waals surface area contributed by atoms with Crippen LogP contribution in [0.1, 0.15) is 0 Å². The summed E-state index contributed by atoms with van der Waals surface area (Å²) < 4.78 is 14.1. The molecule has 2 aliphatic rings. The van der Waals surface area contributed by atoms with Crippen LogP contribution in [0.2, 0.25) is 0 Å². The van der Waals surface area contributed by atoms with Crippen molar-refractivity contribution in [2.75, 3.05) is 0 Å². The maximum atomic E-state index is 7.03. The minimum absolute atomic E-state index is 0.00726. The van der Waals surface area contributed by atoms with Crippen molar-refractivity contribution in [2.45, 2.75) is 0 Å². The first-order chi connectivity index (χ1) is 26.3. The Kier molecular flexibility index (Phi) is 7.64. The minimum atomic E-state index is -3.24. The van der Waals surface area contributed by atoms with Crippen LogP contribution in [0.5, 0.6) is 23.0 Å². The van der Waals surface area contributed by atoms with Crippen molar-refractivity contribution in [1.29, 1.82) is 0 Å². The van der Waals surface area contributed by atoms with Gasteiger partial charge in [-0.25, -0.2) is 0 Å². The van der Waals surface area contributed by atoms with Crippen LogP contribution in [-0.4, -0.2) is 21.9 Å². The van der Waals surface area contributed by atoms with E-state index in [2.05, 4.69) is 212 Å². The first-order valence-electron chi connectivity index (χ1n) is 18.3. The van der Waals surface area contributed by atoms with Crippen molar-refractivity contribution < 1.29 is 9.47 Å². The van der Waals surface area contributed by atoms with Crippen LogP contribution in [0.4, 0.5) is 0 Å². The molecule has 2 nitrogen and oxygen atoms in total. The molecule has 0 aliphatic carbocycles. The molecule has 53 heavy (non-hydrogen) atoms. The zero-order valence-corrected chi connectivity index (χ0v) is 31.1. The van der Waals surface area contributed by atoms with E-state index < -0.39 is 15.2 Å². The third-order valence-electron chi connectivity index (χ3n) is 11.3. The second-order valence-electron chi connectivity index (χ2n) is 13.9. The van der Waals surface area contributed by atoms with Gasteiger partial charge in [0.1, 0.15) is 23.0 Å². The highest BCUT2D eigenvalue weighted by molar-refractivity contribution is 7.67. The quantitative estimate of drug-likeness (QED) is 0.169. The SMILES string of the molecule is c1ccc([Si](c2ccccc2)(c2ccccc2)[Si](c2ccccc2)(c2ccccc2)c2cc3c4c(c2)Oc2ccccc2B4c2ccccc2O3)cc1. The second kappa shape index (κ2) is 12.8. The van der Waals surface area contributed by atoms with Gasteiger partial charge in [-0.15, -0.1) is 0 Å². The van der Waals surface area contributed by atoms with Gasteiger partial charge in [-0.2, -0.15) is 0 Å². The standard InChI is InChI=1S/C48H35BO2Si2/c1-6-20-36(21-7-1)52(37-22-8-2-9-23-37,38-24-10-3-11-25-38)53(39-26-12-4-13-27-39,40-28-14-5-15-29-40)41-34-46-48-47(35-41)51-45-33-19-17-31-43(45)49(48)42-30-16-18-32-44(42)50-46/h1-35H. The Balaban J connectivity index is 1.41. The Hall–Kier alpha value is -6.14. The van der Waals surface area contributed by atoms with Crippen LogP contribution in [-0.2, 0) is 0 Å². The molecule has 0 bridgehead atoms. The van der Waals surface area contributed by atoms with Crippen LogP contribution >= 0.6 is 0 Å². The number of benzene rings is 8. The Morgan fingerprint density at radius 3 is 0.906 bits per heavy atom. The van der Waals surface area contributed by atoms with Crippen molar-refractivity contribution in [3.8, 4) is 23.0 Å². The van der Waals surface area contributed by atoms with E-state index >= 15 is 0 Å². The first-order valence-corrected chi connectivity index (χ1v) is 23.3. The average molecular weight is 711 g/mol. The van der Waals surface area contributed by atoms with Crippen LogP contribution < -0.4 is 57.0 Å². The highest BCUT2D eigenvalue weighted by atomic mass is 29.3. The van der Waals surface area contributed by atoms with Crippen molar-refractivity contribution in [3.63, 3.8) is 0 Å². The molecule has 0 fully saturated rings. The molecule has 10 rings (SSSR count). The summed E-state index contributed by atoms with van der Waals surface area (Å²) in [5, 5.41) is 8.09. The van der Waals surface area contributed by atoms with Crippen LogP contribution in [0.15, 0.2) is 212 Å². The van der Waals surface area contributed by atoms with Gasteiger partial charge in [0.05, 0.1) is 0 Å². The summed E-state index contributed by atoms with van der Waals surface area (Å²) in [5.74, 6) is 3.54. The summed E-state index contributed by atoms with van der Waals surface area (Å²) in [6, 6.07) is 78.6. The molecule has 0 atom stereocenters. The van der Waals surface area contributed by atoms with Crippen LogP contribution in [0.25, 0.3) is 0 Å². The molecule has 0 aromatic heterocycles. The lowest BCUT2D eigenvalue weighted by Gasteiger charge is -2.50. The molecule has 2 heterocycles. The normalized spacial score (nSPS) is 12.8. The van der Waals surface area contributed by atoms with Crippen LogP contribution in [0.3, 0.4) is 0 Å². The topological polar surface area (TPSA) is 18.5 Å². The molecule has 0 radical (unpaired) electrons. The highest BCUT2D eigenvalue weighted by Gasteiger charge is 2.62. The summed E-state index contributed by atoms with van der Waals surface area (Å²) in [6.07, 6.45) is 0. The van der Waals surface area contributed by atoms with E-state index in [0.29, 0.717) is 0 Å². The van der Waals surface area contributed by atoms with E-state index in [-0.39, 0.29) is 6.71 Å². The van der Waals surface area contributed by atoms with Crippen molar-refractivity contribution in [2.24, 2.45) is 0 Å². The van der Waals surface area contributed by atoms with Gasteiger partial charge < -0.3 is 9.47 Å². The lowest BCUT2D eigenvalue weighted by molar-refractivity contribution is 0.465. The van der Waals surface area contributed by atoms with Gasteiger partial charge in [-0.3, -0.25) is 0 Å². The minimum Gasteiger partial charge on any atom is -0.458 e. The summed E-state index contributed by atoms with van der Waals surface area (Å²) in [7, 11) is -6.36. The number of para-hydroxylation sites is 2. The largest absolute Gasteiger partial charge is 0.458 e. The molecule has 250 valence electrons. The van der Waals surface area contributed by atoms with Crippen molar-refractivity contribution >= 4 is 69.4 Å². The Labute approximate surface area is 312 Å². The summed E-state index contributed by atoms with van der Waals surface area (Å²) >= 11 is 0. The van der Waals surface area contributed by atoms with Gasteiger partial charge in [-0.05, 0) is 40.4 Å². The number of hydrogen-bond donors (Lipinski definition) is 0. The van der Waals surface area contributed by atoms with Gasteiger partial charge >= 0.3 is 0 Å². The smallest absolute Gasteiger partial charge is 0.260 e. The summed E-state index contributed by atoms with van der Waals surface area (Å²) in [4.78, 5) is 0. The molecule has 0 saturated carbocycles. The maximum Gasteiger partial charge on any atom is 0.260 e. The van der Waals surface area contributed by atoms with E-state index in [9.17, 15) is 0 Å². The predicted molar refractivity (Wildman–Crippen MR) is 226 cm³/mol. The molecule has 0 unspecified atom stereocenters. The van der Waals surface area contributed by atoms with Gasteiger partial charge in [0.25, 0.3) is 6.71 Å². The summed E-state index contributed by atoms with van der Waals surface area (Å²) in [6.45, 7) is 0.00726. The second-order valence-corrected chi connectivity index (χ2v) is 24.9. The molecule has 8 aromatic rings. The van der Waals surface area contributed by atoms with Crippen molar-refractivity contribution in [3.05, 3.63) is 212 Å². The monoisotopic (exact) mass is 710 g/mol. The molecule has 5 heteroatoms. The van der Waals surface area contributed by atoms with E-state index in [0.717, 1.165) is 28.5 Å². The third kappa shape index (κ3) is 4.71. The fraction of sp³-hybridized carbons (Fsp3) is 0. The number of ether oxygens (including phenoxy) is 2. The molecule has 0 N–H and O–H groups in total. The third-order valence-corrected chi connectivity index (χ3v) is 28.2. The zero-order valence-electron chi connectivity index (χ0n) is 29.1. The average Bonchev–Trinajstić information content (AvgIpc) is 3.24. The summed E-state index contributed by atoms with van der Waals surface area (Å²) in [5.41, 5.74) is 3.43. The Bertz CT molecular complexity index is 2360. The highest BCUT2D eigenvalue weighted by Crippen LogP contribution is 2.35. The molecular formula is C48H35BO2Si2. The van der Waals surface area contributed by atoms with Gasteiger partial charge in [0, 0.05) is 5.46 Å². The molecule has 0 amide bonds. The predicted octanol–water partition coefficient (Wildman–Crippen LogP) is 5.13. The Morgan fingerprint density at radius 2 is 0.566 bits per heavy atom. The van der Waals surface area contributed by atoms with Crippen molar-refractivity contribution in [1.82, 2.24) is 0 Å². The van der Waals surface area contributed by atoms with E-state index in [1.54, 1.807) is 0 Å². The molecule has 8 aromatic carbocycles. The van der Waals surface area contributed by atoms with Gasteiger partial charge in [0.2, 0.25) is 0 Å². The lowest BCUT2D eigenvalue weighted by Crippen LogP contribution is -2.94. The molecule has 0 saturated heterocycles.